The molecule has 0 aliphatic heterocycles. The molecule has 0 radical (unpaired) electrons. The standard InChI is InChI=1S/C17H22ClNO4/c1-23-16(21)13-6-8-17(22,9-7-13)11-19-15(20)10-12-2-4-14(18)5-3-12/h2-5,13,22H,6-11H2,1H3,(H,19,20). The highest BCUT2D eigenvalue weighted by Crippen LogP contribution is 2.32. The van der Waals surface area contributed by atoms with E-state index in [9.17, 15) is 14.7 Å². The zero-order valence-electron chi connectivity index (χ0n) is 13.2. The van der Waals surface area contributed by atoms with Gasteiger partial charge in [-0.25, -0.2) is 0 Å². The fraction of sp³-hybridized carbons (Fsp3) is 0.529. The van der Waals surface area contributed by atoms with Gasteiger partial charge in [0, 0.05) is 11.6 Å². The summed E-state index contributed by atoms with van der Waals surface area (Å²) in [5.74, 6) is -0.514. The first-order valence-electron chi connectivity index (χ1n) is 7.73. The minimum absolute atomic E-state index is 0.143. The number of esters is 1. The van der Waals surface area contributed by atoms with Crippen molar-refractivity contribution >= 4 is 23.5 Å². The van der Waals surface area contributed by atoms with Gasteiger partial charge in [0.15, 0.2) is 0 Å². The lowest BCUT2D eigenvalue weighted by Gasteiger charge is -2.35. The van der Waals surface area contributed by atoms with E-state index in [-0.39, 0.29) is 30.8 Å². The van der Waals surface area contributed by atoms with Crippen molar-refractivity contribution in [3.63, 3.8) is 0 Å². The van der Waals surface area contributed by atoms with E-state index in [1.165, 1.54) is 7.11 Å². The molecule has 1 fully saturated rings. The molecule has 1 aromatic rings. The van der Waals surface area contributed by atoms with Crippen molar-refractivity contribution in [2.45, 2.75) is 37.7 Å². The van der Waals surface area contributed by atoms with Gasteiger partial charge in [-0.05, 0) is 43.4 Å². The molecule has 1 aliphatic carbocycles. The van der Waals surface area contributed by atoms with Crippen molar-refractivity contribution < 1.29 is 19.4 Å². The van der Waals surface area contributed by atoms with Gasteiger partial charge < -0.3 is 15.2 Å². The van der Waals surface area contributed by atoms with Crippen LogP contribution in [0.15, 0.2) is 24.3 Å². The van der Waals surface area contributed by atoms with E-state index >= 15 is 0 Å². The fourth-order valence-corrected chi connectivity index (χ4v) is 2.97. The Kier molecular flexibility index (Phi) is 6.02. The molecule has 2 N–H and O–H groups in total. The zero-order valence-corrected chi connectivity index (χ0v) is 13.9. The van der Waals surface area contributed by atoms with Gasteiger partial charge in [0.2, 0.25) is 5.91 Å². The summed E-state index contributed by atoms with van der Waals surface area (Å²) in [6, 6.07) is 7.09. The molecule has 0 saturated heterocycles. The molecule has 0 heterocycles. The van der Waals surface area contributed by atoms with Gasteiger partial charge in [-0.3, -0.25) is 9.59 Å². The maximum atomic E-state index is 12.0. The molecule has 5 nitrogen and oxygen atoms in total. The molecular formula is C17H22ClNO4. The molecule has 23 heavy (non-hydrogen) atoms. The van der Waals surface area contributed by atoms with Gasteiger partial charge in [-0.2, -0.15) is 0 Å². The maximum Gasteiger partial charge on any atom is 0.308 e. The summed E-state index contributed by atoms with van der Waals surface area (Å²) in [5.41, 5.74) is -0.0755. The normalized spacial score (nSPS) is 24.0. The maximum absolute atomic E-state index is 12.0. The van der Waals surface area contributed by atoms with Crippen LogP contribution in [0.2, 0.25) is 5.02 Å². The van der Waals surface area contributed by atoms with E-state index < -0.39 is 5.60 Å². The molecule has 1 aromatic carbocycles. The minimum Gasteiger partial charge on any atom is -0.469 e. The third-order valence-corrected chi connectivity index (χ3v) is 4.60. The van der Waals surface area contributed by atoms with Crippen molar-refractivity contribution in [2.75, 3.05) is 13.7 Å². The summed E-state index contributed by atoms with van der Waals surface area (Å²) in [4.78, 5) is 23.5. The lowest BCUT2D eigenvalue weighted by molar-refractivity contribution is -0.148. The highest BCUT2D eigenvalue weighted by molar-refractivity contribution is 6.30. The smallest absolute Gasteiger partial charge is 0.308 e. The average molecular weight is 340 g/mol. The van der Waals surface area contributed by atoms with E-state index in [1.807, 2.05) is 0 Å². The largest absolute Gasteiger partial charge is 0.469 e. The van der Waals surface area contributed by atoms with Crippen LogP contribution in [0.25, 0.3) is 0 Å². The summed E-state index contributed by atoms with van der Waals surface area (Å²) in [6.45, 7) is 0.202. The second-order valence-electron chi connectivity index (χ2n) is 6.10. The molecule has 1 amide bonds. The van der Waals surface area contributed by atoms with Gasteiger partial charge in [-0.15, -0.1) is 0 Å². The molecule has 0 spiro atoms. The Balaban J connectivity index is 1.77. The van der Waals surface area contributed by atoms with Crippen LogP contribution in [0, 0.1) is 5.92 Å². The summed E-state index contributed by atoms with van der Waals surface area (Å²) in [6.07, 6.45) is 2.37. The molecule has 1 aliphatic rings. The van der Waals surface area contributed by atoms with Gasteiger partial charge in [0.1, 0.15) is 0 Å². The number of hydrogen-bond donors (Lipinski definition) is 2. The van der Waals surface area contributed by atoms with Crippen LogP contribution in [-0.4, -0.2) is 36.2 Å². The molecule has 1 saturated carbocycles. The number of amides is 1. The number of hydrogen-bond acceptors (Lipinski definition) is 4. The molecule has 0 atom stereocenters. The number of halogens is 1. The van der Waals surface area contributed by atoms with Crippen molar-refractivity contribution in [3.8, 4) is 0 Å². The average Bonchev–Trinajstić information content (AvgIpc) is 2.55. The molecule has 6 heteroatoms. The zero-order chi connectivity index (χ0) is 16.9. The van der Waals surface area contributed by atoms with Crippen molar-refractivity contribution in [3.05, 3.63) is 34.9 Å². The van der Waals surface area contributed by atoms with Crippen molar-refractivity contribution in [1.82, 2.24) is 5.32 Å². The number of rotatable bonds is 5. The quantitative estimate of drug-likeness (QED) is 0.805. The van der Waals surface area contributed by atoms with E-state index in [0.29, 0.717) is 30.7 Å². The lowest BCUT2D eigenvalue weighted by atomic mass is 9.78. The SMILES string of the molecule is COC(=O)C1CCC(O)(CNC(=O)Cc2ccc(Cl)cc2)CC1. The topological polar surface area (TPSA) is 75.6 Å². The Morgan fingerprint density at radius 3 is 2.48 bits per heavy atom. The molecule has 2 rings (SSSR count). The van der Waals surface area contributed by atoms with Crippen LogP contribution >= 0.6 is 11.6 Å². The second-order valence-corrected chi connectivity index (χ2v) is 6.54. The monoisotopic (exact) mass is 339 g/mol. The van der Waals surface area contributed by atoms with Crippen LogP contribution in [0.4, 0.5) is 0 Å². The Hall–Kier alpha value is -1.59. The number of nitrogens with one attached hydrogen (secondary N) is 1. The fourth-order valence-electron chi connectivity index (χ4n) is 2.85. The number of methoxy groups -OCH3 is 1. The highest BCUT2D eigenvalue weighted by Gasteiger charge is 2.36. The number of benzene rings is 1. The van der Waals surface area contributed by atoms with Crippen LogP contribution in [-0.2, 0) is 20.7 Å². The van der Waals surface area contributed by atoms with Crippen LogP contribution in [0.1, 0.15) is 31.2 Å². The third kappa shape index (κ3) is 5.22. The van der Waals surface area contributed by atoms with Gasteiger partial charge in [0.25, 0.3) is 0 Å². The first kappa shape index (κ1) is 17.8. The molecular weight excluding hydrogens is 318 g/mol. The molecule has 126 valence electrons. The van der Waals surface area contributed by atoms with Gasteiger partial charge in [0.05, 0.1) is 25.0 Å². The number of carbonyl (C=O) groups excluding carboxylic acids is 2. The second kappa shape index (κ2) is 7.79. The van der Waals surface area contributed by atoms with Crippen LogP contribution in [0.3, 0.4) is 0 Å². The Labute approximate surface area is 141 Å². The third-order valence-electron chi connectivity index (χ3n) is 4.34. The highest BCUT2D eigenvalue weighted by atomic mass is 35.5. The van der Waals surface area contributed by atoms with Gasteiger partial charge >= 0.3 is 5.97 Å². The van der Waals surface area contributed by atoms with Crippen molar-refractivity contribution in [1.29, 1.82) is 0 Å². The minimum atomic E-state index is -0.944. The van der Waals surface area contributed by atoms with Crippen LogP contribution < -0.4 is 5.32 Å². The predicted molar refractivity (Wildman–Crippen MR) is 87.1 cm³/mol. The number of carbonyl (C=O) groups is 2. The van der Waals surface area contributed by atoms with E-state index in [2.05, 4.69) is 5.32 Å². The molecule has 0 unspecified atom stereocenters. The molecule has 0 bridgehead atoms. The first-order chi connectivity index (χ1) is 10.9. The molecule has 0 aromatic heterocycles. The lowest BCUT2D eigenvalue weighted by Crippen LogP contribution is -2.46. The summed E-state index contributed by atoms with van der Waals surface area (Å²) in [5, 5.41) is 13.9. The summed E-state index contributed by atoms with van der Waals surface area (Å²) >= 11 is 5.81. The van der Waals surface area contributed by atoms with Gasteiger partial charge in [-0.1, -0.05) is 23.7 Å². The number of aliphatic hydroxyl groups is 1. The Morgan fingerprint density at radius 2 is 1.91 bits per heavy atom. The van der Waals surface area contributed by atoms with Crippen LogP contribution in [0.5, 0.6) is 0 Å². The first-order valence-corrected chi connectivity index (χ1v) is 8.11. The number of ether oxygens (including phenoxy) is 1. The van der Waals surface area contributed by atoms with E-state index in [0.717, 1.165) is 5.56 Å². The van der Waals surface area contributed by atoms with E-state index in [4.69, 9.17) is 16.3 Å². The summed E-state index contributed by atoms with van der Waals surface area (Å²) < 4.78 is 4.73. The van der Waals surface area contributed by atoms with Crippen molar-refractivity contribution in [2.24, 2.45) is 5.92 Å². The predicted octanol–water partition coefficient (Wildman–Crippen LogP) is 2.09. The Morgan fingerprint density at radius 1 is 1.30 bits per heavy atom. The summed E-state index contributed by atoms with van der Waals surface area (Å²) in [7, 11) is 1.38. The van der Waals surface area contributed by atoms with E-state index in [1.54, 1.807) is 24.3 Å². The Bertz CT molecular complexity index is 550.